The minimum atomic E-state index is -0.107. The zero-order valence-corrected chi connectivity index (χ0v) is 21.9. The van der Waals surface area contributed by atoms with E-state index in [0.29, 0.717) is 30.9 Å². The SMILES string of the molecule is CN(C(=O)CN1CCCC1)c1ccc(N2CC(CNC(=O)c3ccc(-c4ccccc4)s3)CC2=O)cc1. The second-order valence-electron chi connectivity index (χ2n) is 9.77. The summed E-state index contributed by atoms with van der Waals surface area (Å²) in [6.07, 6.45) is 2.71. The summed E-state index contributed by atoms with van der Waals surface area (Å²) in [4.78, 5) is 45.4. The van der Waals surface area contributed by atoms with Crippen LogP contribution >= 0.6 is 11.3 Å². The normalized spacial score (nSPS) is 17.8. The Labute approximate surface area is 221 Å². The first-order chi connectivity index (χ1) is 18.0. The number of nitrogens with one attached hydrogen (secondary N) is 1. The van der Waals surface area contributed by atoms with Crippen molar-refractivity contribution in [2.75, 3.05) is 49.6 Å². The molecule has 1 aromatic heterocycles. The Bertz CT molecular complexity index is 1250. The summed E-state index contributed by atoms with van der Waals surface area (Å²) < 4.78 is 0. The van der Waals surface area contributed by atoms with E-state index in [-0.39, 0.29) is 23.6 Å². The number of nitrogens with zero attached hydrogens (tertiary/aromatic N) is 3. The number of amides is 3. The zero-order valence-electron chi connectivity index (χ0n) is 21.1. The summed E-state index contributed by atoms with van der Waals surface area (Å²) >= 11 is 1.47. The Morgan fingerprint density at radius 1 is 1.00 bits per heavy atom. The van der Waals surface area contributed by atoms with Crippen molar-refractivity contribution in [2.45, 2.75) is 19.3 Å². The molecule has 3 heterocycles. The number of thiophene rings is 1. The second kappa shape index (κ2) is 11.3. The average molecular weight is 517 g/mol. The van der Waals surface area contributed by atoms with Crippen molar-refractivity contribution in [3.8, 4) is 10.4 Å². The second-order valence-corrected chi connectivity index (χ2v) is 10.9. The molecule has 2 aliphatic heterocycles. The fourth-order valence-corrected chi connectivity index (χ4v) is 5.88. The van der Waals surface area contributed by atoms with Crippen molar-refractivity contribution < 1.29 is 14.4 Å². The Morgan fingerprint density at radius 3 is 2.46 bits per heavy atom. The maximum absolute atomic E-state index is 12.7. The van der Waals surface area contributed by atoms with Crippen molar-refractivity contribution in [3.63, 3.8) is 0 Å². The molecule has 3 amide bonds. The van der Waals surface area contributed by atoms with Gasteiger partial charge in [-0.2, -0.15) is 0 Å². The zero-order chi connectivity index (χ0) is 25.8. The standard InChI is InChI=1S/C29H32N4O3S/c1-31(28(35)20-32-15-5-6-16-32)23-9-11-24(12-10-23)33-19-21(17-27(33)34)18-30-29(36)26-14-13-25(37-26)22-7-3-2-4-8-22/h2-4,7-14,21H,5-6,15-20H2,1H3,(H,30,36). The molecule has 8 heteroatoms. The van der Waals surface area contributed by atoms with E-state index in [1.165, 1.54) is 11.3 Å². The van der Waals surface area contributed by atoms with Crippen LogP contribution in [0.5, 0.6) is 0 Å². The third-order valence-electron chi connectivity index (χ3n) is 7.12. The van der Waals surface area contributed by atoms with Gasteiger partial charge >= 0.3 is 0 Å². The molecule has 7 nitrogen and oxygen atoms in total. The molecule has 2 aliphatic rings. The highest BCUT2D eigenvalue weighted by molar-refractivity contribution is 7.17. The number of anilines is 2. The first-order valence-electron chi connectivity index (χ1n) is 12.8. The number of hydrogen-bond acceptors (Lipinski definition) is 5. The largest absolute Gasteiger partial charge is 0.351 e. The summed E-state index contributed by atoms with van der Waals surface area (Å²) in [6, 6.07) is 21.4. The van der Waals surface area contributed by atoms with Gasteiger partial charge in [0, 0.05) is 48.7 Å². The minimum absolute atomic E-state index is 0.0490. The summed E-state index contributed by atoms with van der Waals surface area (Å²) in [5.74, 6) is 0.0655. The van der Waals surface area contributed by atoms with Crippen LogP contribution in [0, 0.1) is 5.92 Å². The van der Waals surface area contributed by atoms with E-state index >= 15 is 0 Å². The number of rotatable bonds is 8. The van der Waals surface area contributed by atoms with Gasteiger partial charge in [0.2, 0.25) is 11.8 Å². The number of carbonyl (C=O) groups excluding carboxylic acids is 3. The number of hydrogen-bond donors (Lipinski definition) is 1. The van der Waals surface area contributed by atoms with Crippen LogP contribution in [-0.4, -0.2) is 62.4 Å². The van der Waals surface area contributed by atoms with Crippen molar-refractivity contribution in [2.24, 2.45) is 5.92 Å². The lowest BCUT2D eigenvalue weighted by Gasteiger charge is -2.22. The van der Waals surface area contributed by atoms with E-state index in [2.05, 4.69) is 10.2 Å². The van der Waals surface area contributed by atoms with Gasteiger partial charge < -0.3 is 15.1 Å². The summed E-state index contributed by atoms with van der Waals surface area (Å²) in [6.45, 7) is 3.42. The van der Waals surface area contributed by atoms with E-state index in [0.717, 1.165) is 47.7 Å². The van der Waals surface area contributed by atoms with Gasteiger partial charge in [0.15, 0.2) is 0 Å². The van der Waals surface area contributed by atoms with Gasteiger partial charge in [-0.1, -0.05) is 30.3 Å². The van der Waals surface area contributed by atoms with Crippen LogP contribution in [0.25, 0.3) is 10.4 Å². The summed E-state index contributed by atoms with van der Waals surface area (Å²) in [5, 5.41) is 3.01. The molecule has 37 heavy (non-hydrogen) atoms. The molecule has 3 aromatic rings. The van der Waals surface area contributed by atoms with E-state index in [1.807, 2.05) is 66.7 Å². The number of likely N-dealkylation sites (tertiary alicyclic amines) is 1. The van der Waals surface area contributed by atoms with Gasteiger partial charge in [-0.3, -0.25) is 19.3 Å². The molecule has 2 fully saturated rings. The van der Waals surface area contributed by atoms with Gasteiger partial charge in [-0.05, 0) is 67.9 Å². The van der Waals surface area contributed by atoms with Crippen molar-refractivity contribution in [3.05, 3.63) is 71.6 Å². The first-order valence-corrected chi connectivity index (χ1v) is 13.6. The van der Waals surface area contributed by atoms with Gasteiger partial charge in [0.25, 0.3) is 5.91 Å². The highest BCUT2D eigenvalue weighted by atomic mass is 32.1. The lowest BCUT2D eigenvalue weighted by Crippen LogP contribution is -2.37. The van der Waals surface area contributed by atoms with E-state index in [9.17, 15) is 14.4 Å². The van der Waals surface area contributed by atoms with Crippen LogP contribution in [0.3, 0.4) is 0 Å². The predicted octanol–water partition coefficient (Wildman–Crippen LogP) is 4.26. The smallest absolute Gasteiger partial charge is 0.261 e. The van der Waals surface area contributed by atoms with Crippen molar-refractivity contribution >= 4 is 40.4 Å². The number of benzene rings is 2. The average Bonchev–Trinajstić information content (AvgIpc) is 3.69. The third-order valence-corrected chi connectivity index (χ3v) is 8.26. The molecule has 0 saturated carbocycles. The Balaban J connectivity index is 1.13. The van der Waals surface area contributed by atoms with Gasteiger partial charge in [-0.15, -0.1) is 11.3 Å². The van der Waals surface area contributed by atoms with Gasteiger partial charge in [-0.25, -0.2) is 0 Å². The maximum Gasteiger partial charge on any atom is 0.261 e. The fourth-order valence-electron chi connectivity index (χ4n) is 4.95. The van der Waals surface area contributed by atoms with Crippen LogP contribution < -0.4 is 15.1 Å². The summed E-state index contributed by atoms with van der Waals surface area (Å²) in [7, 11) is 1.80. The third kappa shape index (κ3) is 5.92. The molecule has 1 unspecified atom stereocenters. The topological polar surface area (TPSA) is 73.0 Å². The Hall–Kier alpha value is -3.49. The van der Waals surface area contributed by atoms with Crippen LogP contribution in [0.4, 0.5) is 11.4 Å². The fraction of sp³-hybridized carbons (Fsp3) is 0.345. The quantitative estimate of drug-likeness (QED) is 0.486. The van der Waals surface area contributed by atoms with Gasteiger partial charge in [0.05, 0.1) is 11.4 Å². The summed E-state index contributed by atoms with van der Waals surface area (Å²) in [5.41, 5.74) is 2.72. The molecule has 2 saturated heterocycles. The monoisotopic (exact) mass is 516 g/mol. The highest BCUT2D eigenvalue weighted by Crippen LogP contribution is 2.29. The lowest BCUT2D eigenvalue weighted by molar-refractivity contribution is -0.119. The molecule has 0 bridgehead atoms. The van der Waals surface area contributed by atoms with Crippen molar-refractivity contribution in [1.82, 2.24) is 10.2 Å². The molecule has 0 spiro atoms. The number of carbonyl (C=O) groups is 3. The molecular weight excluding hydrogens is 484 g/mol. The lowest BCUT2D eigenvalue weighted by atomic mass is 10.1. The number of likely N-dealkylation sites (N-methyl/N-ethyl adjacent to an activating group) is 1. The van der Waals surface area contributed by atoms with Crippen LogP contribution in [0.15, 0.2) is 66.7 Å². The molecule has 1 N–H and O–H groups in total. The molecule has 0 aliphatic carbocycles. The predicted molar refractivity (Wildman–Crippen MR) is 148 cm³/mol. The van der Waals surface area contributed by atoms with E-state index in [1.54, 1.807) is 16.8 Å². The van der Waals surface area contributed by atoms with E-state index in [4.69, 9.17) is 0 Å². The minimum Gasteiger partial charge on any atom is -0.351 e. The van der Waals surface area contributed by atoms with Crippen LogP contribution in [0.2, 0.25) is 0 Å². The highest BCUT2D eigenvalue weighted by Gasteiger charge is 2.31. The molecular formula is C29H32N4O3S. The Morgan fingerprint density at radius 2 is 1.73 bits per heavy atom. The maximum atomic E-state index is 12.7. The first kappa shape index (κ1) is 25.2. The van der Waals surface area contributed by atoms with E-state index < -0.39 is 0 Å². The molecule has 2 aromatic carbocycles. The molecule has 1 atom stereocenters. The molecule has 0 radical (unpaired) electrons. The van der Waals surface area contributed by atoms with Crippen LogP contribution in [0.1, 0.15) is 28.9 Å². The molecule has 5 rings (SSSR count). The van der Waals surface area contributed by atoms with Gasteiger partial charge in [0.1, 0.15) is 0 Å². The van der Waals surface area contributed by atoms with Crippen LogP contribution in [-0.2, 0) is 9.59 Å². The molecule has 192 valence electrons. The Kier molecular flexibility index (Phi) is 7.67. The van der Waals surface area contributed by atoms with Crippen molar-refractivity contribution in [1.29, 1.82) is 0 Å².